The largest absolute Gasteiger partial charge is 0.388 e. The van der Waals surface area contributed by atoms with E-state index in [-0.39, 0.29) is 6.10 Å². The molecule has 0 aromatic rings. The molecule has 2 heteroatoms. The van der Waals surface area contributed by atoms with E-state index < -0.39 is 0 Å². The Morgan fingerprint density at radius 3 is 2.88 bits per heavy atom. The minimum Gasteiger partial charge on any atom is -0.388 e. The molecule has 0 aromatic carbocycles. The van der Waals surface area contributed by atoms with Gasteiger partial charge in [0.05, 0.1) is 6.10 Å². The molecule has 0 fully saturated rings. The smallest absolute Gasteiger partial charge is 0.0851 e. The topological polar surface area (TPSA) is 20.2 Å². The molecule has 0 radical (unpaired) electrons. The SMILES string of the molecule is O[C@H]1CCCC=C1Br. The minimum absolute atomic E-state index is 0.219. The van der Waals surface area contributed by atoms with Crippen LogP contribution in [0.15, 0.2) is 10.6 Å². The lowest BCUT2D eigenvalue weighted by atomic mass is 10.1. The van der Waals surface area contributed by atoms with Crippen LogP contribution in [-0.2, 0) is 0 Å². The first-order valence-electron chi connectivity index (χ1n) is 2.84. The van der Waals surface area contributed by atoms with E-state index in [1.54, 1.807) is 0 Å². The number of halogens is 1. The third-order valence-corrected chi connectivity index (χ3v) is 2.19. The lowest BCUT2D eigenvalue weighted by Crippen LogP contribution is -2.08. The van der Waals surface area contributed by atoms with Crippen LogP contribution in [0.25, 0.3) is 0 Å². The van der Waals surface area contributed by atoms with Crippen molar-refractivity contribution in [3.05, 3.63) is 10.6 Å². The summed E-state index contributed by atoms with van der Waals surface area (Å²) in [5, 5.41) is 9.06. The Morgan fingerprint density at radius 1 is 1.75 bits per heavy atom. The van der Waals surface area contributed by atoms with E-state index in [0.29, 0.717) is 0 Å². The first kappa shape index (κ1) is 6.30. The average Bonchev–Trinajstić information content (AvgIpc) is 1.77. The van der Waals surface area contributed by atoms with Gasteiger partial charge in [-0.15, -0.1) is 0 Å². The summed E-state index contributed by atoms with van der Waals surface area (Å²) < 4.78 is 0.962. The van der Waals surface area contributed by atoms with Gasteiger partial charge in [-0.2, -0.15) is 0 Å². The van der Waals surface area contributed by atoms with Crippen molar-refractivity contribution in [2.45, 2.75) is 25.4 Å². The van der Waals surface area contributed by atoms with Gasteiger partial charge in [0.1, 0.15) is 0 Å². The summed E-state index contributed by atoms with van der Waals surface area (Å²) in [6.45, 7) is 0. The molecule has 0 saturated carbocycles. The summed E-state index contributed by atoms with van der Waals surface area (Å²) in [6.07, 6.45) is 4.96. The molecule has 8 heavy (non-hydrogen) atoms. The fourth-order valence-corrected chi connectivity index (χ4v) is 1.28. The number of rotatable bonds is 0. The molecule has 0 bridgehead atoms. The van der Waals surface area contributed by atoms with Crippen LogP contribution in [-0.4, -0.2) is 11.2 Å². The third kappa shape index (κ3) is 1.33. The van der Waals surface area contributed by atoms with Crippen molar-refractivity contribution < 1.29 is 5.11 Å². The van der Waals surface area contributed by atoms with Crippen molar-refractivity contribution in [1.82, 2.24) is 0 Å². The molecule has 0 saturated heterocycles. The van der Waals surface area contributed by atoms with Crippen LogP contribution in [0.2, 0.25) is 0 Å². The van der Waals surface area contributed by atoms with Gasteiger partial charge in [-0.05, 0) is 19.3 Å². The van der Waals surface area contributed by atoms with Crippen molar-refractivity contribution >= 4 is 15.9 Å². The summed E-state index contributed by atoms with van der Waals surface area (Å²) >= 11 is 3.26. The maximum atomic E-state index is 9.06. The summed E-state index contributed by atoms with van der Waals surface area (Å²) in [5.74, 6) is 0. The standard InChI is InChI=1S/C6H9BrO/c7-5-3-1-2-4-6(5)8/h3,6,8H,1-2,4H2/t6-/m0/s1. The van der Waals surface area contributed by atoms with Crippen LogP contribution < -0.4 is 0 Å². The molecule has 1 atom stereocenters. The Balaban J connectivity index is 2.53. The number of aliphatic hydroxyl groups excluding tert-OH is 1. The Kier molecular flexibility index (Phi) is 2.08. The Hall–Kier alpha value is 0.180. The molecule has 1 N–H and O–H groups in total. The molecule has 0 aromatic heterocycles. The van der Waals surface area contributed by atoms with Gasteiger partial charge in [0.15, 0.2) is 0 Å². The number of allylic oxidation sites excluding steroid dienone is 1. The van der Waals surface area contributed by atoms with Gasteiger partial charge in [-0.25, -0.2) is 0 Å². The molecular formula is C6H9BrO. The van der Waals surface area contributed by atoms with Crippen LogP contribution in [0.1, 0.15) is 19.3 Å². The van der Waals surface area contributed by atoms with Gasteiger partial charge in [-0.3, -0.25) is 0 Å². The third-order valence-electron chi connectivity index (χ3n) is 1.34. The Labute approximate surface area is 57.5 Å². The predicted octanol–water partition coefficient (Wildman–Crippen LogP) is 1.81. The average molecular weight is 177 g/mol. The zero-order chi connectivity index (χ0) is 5.98. The maximum absolute atomic E-state index is 9.06. The van der Waals surface area contributed by atoms with Gasteiger partial charge >= 0.3 is 0 Å². The highest BCUT2D eigenvalue weighted by Crippen LogP contribution is 2.22. The first-order chi connectivity index (χ1) is 3.80. The lowest BCUT2D eigenvalue weighted by Gasteiger charge is -2.13. The van der Waals surface area contributed by atoms with Crippen LogP contribution in [0.4, 0.5) is 0 Å². The van der Waals surface area contributed by atoms with E-state index in [1.807, 2.05) is 6.08 Å². The highest BCUT2D eigenvalue weighted by Gasteiger charge is 2.10. The van der Waals surface area contributed by atoms with E-state index >= 15 is 0 Å². The summed E-state index contributed by atoms with van der Waals surface area (Å²) in [6, 6.07) is 0. The van der Waals surface area contributed by atoms with E-state index in [4.69, 9.17) is 5.11 Å². The van der Waals surface area contributed by atoms with Gasteiger partial charge in [0, 0.05) is 4.48 Å². The molecule has 0 heterocycles. The van der Waals surface area contributed by atoms with Gasteiger partial charge in [-0.1, -0.05) is 22.0 Å². The normalized spacial score (nSPS) is 29.8. The number of aliphatic hydroxyl groups is 1. The molecule has 46 valence electrons. The second-order valence-electron chi connectivity index (χ2n) is 2.04. The molecule has 1 nitrogen and oxygen atoms in total. The van der Waals surface area contributed by atoms with Gasteiger partial charge in [0.25, 0.3) is 0 Å². The van der Waals surface area contributed by atoms with E-state index in [9.17, 15) is 0 Å². The van der Waals surface area contributed by atoms with Crippen molar-refractivity contribution in [2.24, 2.45) is 0 Å². The van der Waals surface area contributed by atoms with Gasteiger partial charge < -0.3 is 5.11 Å². The van der Waals surface area contributed by atoms with Crippen LogP contribution in [0, 0.1) is 0 Å². The zero-order valence-electron chi connectivity index (χ0n) is 4.60. The molecule has 1 aliphatic rings. The molecule has 0 aliphatic heterocycles. The van der Waals surface area contributed by atoms with Crippen molar-refractivity contribution in [1.29, 1.82) is 0 Å². The van der Waals surface area contributed by atoms with Crippen molar-refractivity contribution in [3.8, 4) is 0 Å². The highest BCUT2D eigenvalue weighted by molar-refractivity contribution is 9.11. The number of hydrogen-bond acceptors (Lipinski definition) is 1. The molecule has 0 unspecified atom stereocenters. The van der Waals surface area contributed by atoms with Gasteiger partial charge in [0.2, 0.25) is 0 Å². The quantitative estimate of drug-likeness (QED) is 0.598. The Morgan fingerprint density at radius 2 is 2.50 bits per heavy atom. The van der Waals surface area contributed by atoms with Crippen LogP contribution >= 0.6 is 15.9 Å². The van der Waals surface area contributed by atoms with Crippen LogP contribution in [0.3, 0.4) is 0 Å². The van der Waals surface area contributed by atoms with E-state index in [1.165, 1.54) is 0 Å². The highest BCUT2D eigenvalue weighted by atomic mass is 79.9. The predicted molar refractivity (Wildman–Crippen MR) is 36.9 cm³/mol. The zero-order valence-corrected chi connectivity index (χ0v) is 6.19. The molecule has 0 spiro atoms. The van der Waals surface area contributed by atoms with Crippen LogP contribution in [0.5, 0.6) is 0 Å². The Bertz CT molecular complexity index is 109. The number of hydrogen-bond donors (Lipinski definition) is 1. The summed E-state index contributed by atoms with van der Waals surface area (Å²) in [7, 11) is 0. The second kappa shape index (κ2) is 2.65. The first-order valence-corrected chi connectivity index (χ1v) is 3.63. The van der Waals surface area contributed by atoms with Crippen molar-refractivity contribution in [3.63, 3.8) is 0 Å². The summed E-state index contributed by atoms with van der Waals surface area (Å²) in [5.41, 5.74) is 0. The second-order valence-corrected chi connectivity index (χ2v) is 2.95. The molecule has 1 rings (SSSR count). The molecule has 0 amide bonds. The minimum atomic E-state index is -0.219. The molecule has 1 aliphatic carbocycles. The van der Waals surface area contributed by atoms with E-state index in [2.05, 4.69) is 15.9 Å². The monoisotopic (exact) mass is 176 g/mol. The molecular weight excluding hydrogens is 168 g/mol. The lowest BCUT2D eigenvalue weighted by molar-refractivity contribution is 0.201. The van der Waals surface area contributed by atoms with E-state index in [0.717, 1.165) is 23.7 Å². The van der Waals surface area contributed by atoms with Crippen molar-refractivity contribution in [2.75, 3.05) is 0 Å². The fraction of sp³-hybridized carbons (Fsp3) is 0.667. The fourth-order valence-electron chi connectivity index (χ4n) is 0.825. The maximum Gasteiger partial charge on any atom is 0.0851 e. The summed E-state index contributed by atoms with van der Waals surface area (Å²) in [4.78, 5) is 0.